The van der Waals surface area contributed by atoms with Gasteiger partial charge in [-0.25, -0.2) is 0 Å². The Kier molecular flexibility index (Phi) is 3.16. The molecule has 0 saturated heterocycles. The molecule has 0 aliphatic heterocycles. The van der Waals surface area contributed by atoms with E-state index in [1.807, 2.05) is 0 Å². The summed E-state index contributed by atoms with van der Waals surface area (Å²) in [5.41, 5.74) is 0.888. The van der Waals surface area contributed by atoms with Gasteiger partial charge in [0, 0.05) is 15.1 Å². The van der Waals surface area contributed by atoms with Crippen LogP contribution in [0.25, 0.3) is 0 Å². The summed E-state index contributed by atoms with van der Waals surface area (Å²) >= 11 is 17.9. The van der Waals surface area contributed by atoms with E-state index in [-0.39, 0.29) is 5.41 Å². The fraction of sp³-hybridized carbons (Fsp3) is 0.400. The number of benzene rings is 1. The van der Waals surface area contributed by atoms with Crippen LogP contribution in [0.4, 0.5) is 0 Å². The predicted molar refractivity (Wildman–Crippen MR) is 60.2 cm³/mol. The van der Waals surface area contributed by atoms with Crippen LogP contribution in [0.2, 0.25) is 15.1 Å². The van der Waals surface area contributed by atoms with E-state index in [9.17, 15) is 0 Å². The first-order valence-corrected chi connectivity index (χ1v) is 5.11. The van der Waals surface area contributed by atoms with E-state index in [1.165, 1.54) is 0 Å². The molecular weight excluding hydrogens is 226 g/mol. The highest BCUT2D eigenvalue weighted by Gasteiger charge is 2.21. The van der Waals surface area contributed by atoms with Crippen LogP contribution in [-0.4, -0.2) is 0 Å². The van der Waals surface area contributed by atoms with Crippen LogP contribution < -0.4 is 0 Å². The Labute approximate surface area is 93.8 Å². The molecule has 1 aromatic carbocycles. The fourth-order valence-electron chi connectivity index (χ4n) is 1.26. The Morgan fingerprint density at radius 1 is 0.923 bits per heavy atom. The highest BCUT2D eigenvalue weighted by molar-refractivity contribution is 6.39. The summed E-state index contributed by atoms with van der Waals surface area (Å²) in [6.45, 7) is 6.19. The van der Waals surface area contributed by atoms with E-state index in [4.69, 9.17) is 34.8 Å². The second-order valence-electron chi connectivity index (χ2n) is 3.99. The number of rotatable bonds is 0. The zero-order valence-corrected chi connectivity index (χ0v) is 10.1. The summed E-state index contributed by atoms with van der Waals surface area (Å²) in [5.74, 6) is 0. The van der Waals surface area contributed by atoms with E-state index < -0.39 is 0 Å². The topological polar surface area (TPSA) is 0 Å². The lowest BCUT2D eigenvalue weighted by Crippen LogP contribution is -2.12. The van der Waals surface area contributed by atoms with Crippen molar-refractivity contribution in [1.82, 2.24) is 0 Å². The minimum absolute atomic E-state index is 0.0568. The Bertz CT molecular complexity index is 300. The van der Waals surface area contributed by atoms with Crippen molar-refractivity contribution in [3.8, 4) is 0 Å². The molecule has 0 saturated carbocycles. The standard InChI is InChI=1S/C10H11Cl3/c1-10(2,3)9-7(12)4-6(11)5-8(9)13/h4-5H,1-3H3. The zero-order valence-electron chi connectivity index (χ0n) is 7.79. The summed E-state index contributed by atoms with van der Waals surface area (Å²) in [6, 6.07) is 3.44. The molecule has 0 fully saturated rings. The van der Waals surface area contributed by atoms with E-state index >= 15 is 0 Å². The third-order valence-electron chi connectivity index (χ3n) is 1.76. The van der Waals surface area contributed by atoms with E-state index in [0.717, 1.165) is 5.56 Å². The number of halogens is 3. The molecule has 0 unspecified atom stereocenters. The largest absolute Gasteiger partial charge is 0.0842 e. The van der Waals surface area contributed by atoms with Gasteiger partial charge < -0.3 is 0 Å². The van der Waals surface area contributed by atoms with Gasteiger partial charge in [0.2, 0.25) is 0 Å². The molecule has 3 heteroatoms. The summed E-state index contributed by atoms with van der Waals surface area (Å²) in [5, 5.41) is 1.83. The second kappa shape index (κ2) is 3.68. The average Bonchev–Trinajstić information content (AvgIpc) is 1.78. The van der Waals surface area contributed by atoms with Crippen molar-refractivity contribution in [3.05, 3.63) is 32.8 Å². The first kappa shape index (κ1) is 11.2. The molecule has 13 heavy (non-hydrogen) atoms. The molecule has 1 aromatic rings. The lowest BCUT2D eigenvalue weighted by atomic mass is 9.87. The summed E-state index contributed by atoms with van der Waals surface area (Å²) in [7, 11) is 0. The van der Waals surface area contributed by atoms with Gasteiger partial charge in [-0.3, -0.25) is 0 Å². The lowest BCUT2D eigenvalue weighted by molar-refractivity contribution is 0.591. The van der Waals surface area contributed by atoms with Crippen molar-refractivity contribution in [2.24, 2.45) is 0 Å². The Balaban J connectivity index is 3.38. The molecule has 0 N–H and O–H groups in total. The van der Waals surface area contributed by atoms with Gasteiger partial charge in [0.05, 0.1) is 0 Å². The van der Waals surface area contributed by atoms with Crippen molar-refractivity contribution in [3.63, 3.8) is 0 Å². The minimum atomic E-state index is -0.0568. The Morgan fingerprint density at radius 2 is 1.31 bits per heavy atom. The number of hydrogen-bond donors (Lipinski definition) is 0. The van der Waals surface area contributed by atoms with Gasteiger partial charge in [-0.15, -0.1) is 0 Å². The van der Waals surface area contributed by atoms with Gasteiger partial charge in [0.1, 0.15) is 0 Å². The van der Waals surface area contributed by atoms with Crippen molar-refractivity contribution < 1.29 is 0 Å². The quantitative estimate of drug-likeness (QED) is 0.599. The van der Waals surface area contributed by atoms with Crippen LogP contribution in [0.5, 0.6) is 0 Å². The van der Waals surface area contributed by atoms with Crippen LogP contribution in [0.15, 0.2) is 12.1 Å². The molecule has 0 nitrogen and oxygen atoms in total. The van der Waals surface area contributed by atoms with Gasteiger partial charge in [-0.1, -0.05) is 55.6 Å². The zero-order chi connectivity index (χ0) is 10.2. The smallest absolute Gasteiger partial charge is 0.0473 e. The van der Waals surface area contributed by atoms with Crippen molar-refractivity contribution in [2.75, 3.05) is 0 Å². The summed E-state index contributed by atoms with van der Waals surface area (Å²) in [6.07, 6.45) is 0. The van der Waals surface area contributed by atoms with Crippen molar-refractivity contribution >= 4 is 34.8 Å². The highest BCUT2D eigenvalue weighted by atomic mass is 35.5. The van der Waals surface area contributed by atoms with Crippen LogP contribution in [-0.2, 0) is 5.41 Å². The SMILES string of the molecule is CC(C)(C)c1c(Cl)cc(Cl)cc1Cl. The Hall–Kier alpha value is 0.0900. The van der Waals surface area contributed by atoms with Crippen LogP contribution in [0.1, 0.15) is 26.3 Å². The molecule has 0 heterocycles. The van der Waals surface area contributed by atoms with Crippen molar-refractivity contribution in [1.29, 1.82) is 0 Å². The van der Waals surface area contributed by atoms with Crippen LogP contribution in [0.3, 0.4) is 0 Å². The molecule has 72 valence electrons. The predicted octanol–water partition coefficient (Wildman–Crippen LogP) is 4.94. The normalized spacial score (nSPS) is 11.8. The van der Waals surface area contributed by atoms with Crippen LogP contribution >= 0.6 is 34.8 Å². The lowest BCUT2D eigenvalue weighted by Gasteiger charge is -2.22. The number of hydrogen-bond acceptors (Lipinski definition) is 0. The van der Waals surface area contributed by atoms with Gasteiger partial charge in [-0.05, 0) is 23.1 Å². The van der Waals surface area contributed by atoms with E-state index in [0.29, 0.717) is 15.1 Å². The molecule has 0 aromatic heterocycles. The molecule has 1 rings (SSSR count). The summed E-state index contributed by atoms with van der Waals surface area (Å²) < 4.78 is 0. The first-order valence-electron chi connectivity index (χ1n) is 3.97. The average molecular weight is 238 g/mol. The molecule has 0 aliphatic rings. The minimum Gasteiger partial charge on any atom is -0.0842 e. The van der Waals surface area contributed by atoms with E-state index in [2.05, 4.69) is 20.8 Å². The molecule has 0 amide bonds. The van der Waals surface area contributed by atoms with E-state index in [1.54, 1.807) is 12.1 Å². The molecular formula is C10H11Cl3. The summed E-state index contributed by atoms with van der Waals surface area (Å²) in [4.78, 5) is 0. The maximum atomic E-state index is 6.05. The van der Waals surface area contributed by atoms with Gasteiger partial charge in [-0.2, -0.15) is 0 Å². The van der Waals surface area contributed by atoms with Crippen LogP contribution in [0, 0.1) is 0 Å². The molecule has 0 radical (unpaired) electrons. The maximum absolute atomic E-state index is 6.05. The molecule has 0 bridgehead atoms. The second-order valence-corrected chi connectivity index (χ2v) is 5.25. The van der Waals surface area contributed by atoms with Gasteiger partial charge in [0.25, 0.3) is 0 Å². The third kappa shape index (κ3) is 2.52. The van der Waals surface area contributed by atoms with Gasteiger partial charge >= 0.3 is 0 Å². The first-order chi connectivity index (χ1) is 5.82. The van der Waals surface area contributed by atoms with Gasteiger partial charge in [0.15, 0.2) is 0 Å². The third-order valence-corrected chi connectivity index (χ3v) is 2.57. The molecule has 0 spiro atoms. The molecule has 0 aliphatic carbocycles. The van der Waals surface area contributed by atoms with Crippen molar-refractivity contribution in [2.45, 2.75) is 26.2 Å². The fourth-order valence-corrected chi connectivity index (χ4v) is 2.64. The Morgan fingerprint density at radius 3 is 1.62 bits per heavy atom. The highest BCUT2D eigenvalue weighted by Crippen LogP contribution is 2.37. The molecule has 0 atom stereocenters. The monoisotopic (exact) mass is 236 g/mol. The maximum Gasteiger partial charge on any atom is 0.0473 e.